The summed E-state index contributed by atoms with van der Waals surface area (Å²) in [5, 5.41) is 2.88. The smallest absolute Gasteiger partial charge is 0.0213 e. The Balaban J connectivity index is 2.26. The fourth-order valence-electron chi connectivity index (χ4n) is 3.44. The molecule has 0 heterocycles. The average Bonchev–Trinajstić information content (AvgIpc) is 2.58. The lowest BCUT2D eigenvalue weighted by molar-refractivity contribution is 0.666. The summed E-state index contributed by atoms with van der Waals surface area (Å²) in [5.41, 5.74) is 2.98. The van der Waals surface area contributed by atoms with Crippen LogP contribution in [0.5, 0.6) is 0 Å². The Kier molecular flexibility index (Phi) is 8.83. The van der Waals surface area contributed by atoms with Crippen LogP contribution in [0.2, 0.25) is 0 Å². The Bertz CT molecular complexity index is 589. The minimum atomic E-state index is 1.18. The van der Waals surface area contributed by atoms with Gasteiger partial charge >= 0.3 is 0 Å². The van der Waals surface area contributed by atoms with E-state index in [-0.39, 0.29) is 0 Å². The van der Waals surface area contributed by atoms with E-state index in [9.17, 15) is 0 Å². The summed E-state index contributed by atoms with van der Waals surface area (Å²) in [5.74, 6) is 0. The van der Waals surface area contributed by atoms with E-state index in [1.165, 1.54) is 95.1 Å². The van der Waals surface area contributed by atoms with Gasteiger partial charge in [0.05, 0.1) is 0 Å². The first-order valence-electron chi connectivity index (χ1n) is 9.57. The Morgan fingerprint density at radius 3 is 1.38 bits per heavy atom. The predicted octanol–water partition coefficient (Wildman–Crippen LogP) is 8.61. The van der Waals surface area contributed by atoms with Gasteiger partial charge < -0.3 is 0 Å². The van der Waals surface area contributed by atoms with E-state index >= 15 is 0 Å². The van der Waals surface area contributed by atoms with Gasteiger partial charge in [0.2, 0.25) is 0 Å². The Morgan fingerprint density at radius 2 is 1.00 bits per heavy atom. The van der Waals surface area contributed by atoms with Crippen LogP contribution in [0.1, 0.15) is 76.3 Å². The second-order valence-corrected chi connectivity index (χ2v) is 8.48. The van der Waals surface area contributed by atoms with Crippen molar-refractivity contribution < 1.29 is 0 Å². The number of unbranched alkanes of at least 4 members (excludes halogenated alkanes) is 6. The predicted molar refractivity (Wildman–Crippen MR) is 115 cm³/mol. The van der Waals surface area contributed by atoms with E-state index in [4.69, 9.17) is 0 Å². The monoisotopic (exact) mass is 452 g/mol. The molecule has 0 spiro atoms. The number of fused-ring (bicyclic) bond motifs is 1. The third-order valence-corrected chi connectivity index (χ3v) is 6.36. The maximum Gasteiger partial charge on any atom is 0.0213 e. The molecule has 0 amide bonds. The first-order chi connectivity index (χ1) is 11.7. The molecule has 24 heavy (non-hydrogen) atoms. The van der Waals surface area contributed by atoms with Crippen molar-refractivity contribution in [1.29, 1.82) is 0 Å². The zero-order valence-electron chi connectivity index (χ0n) is 15.1. The molecule has 0 saturated heterocycles. The van der Waals surface area contributed by atoms with Gasteiger partial charge in [-0.1, -0.05) is 96.4 Å². The van der Waals surface area contributed by atoms with Crippen LogP contribution in [0, 0.1) is 0 Å². The molecule has 0 saturated carbocycles. The molecule has 0 fully saturated rings. The van der Waals surface area contributed by atoms with Crippen LogP contribution in [-0.2, 0) is 12.8 Å². The molecule has 0 unspecified atom stereocenters. The molecule has 0 aliphatic rings. The highest BCUT2D eigenvalue weighted by Gasteiger charge is 2.11. The summed E-state index contributed by atoms with van der Waals surface area (Å²) >= 11 is 7.58. The summed E-state index contributed by atoms with van der Waals surface area (Å²) in [4.78, 5) is 0. The molecule has 0 bridgehead atoms. The summed E-state index contributed by atoms with van der Waals surface area (Å²) < 4.78 is 2.54. The summed E-state index contributed by atoms with van der Waals surface area (Å²) in [6.07, 6.45) is 12.9. The molecule has 0 atom stereocenters. The quantitative estimate of drug-likeness (QED) is 0.315. The van der Waals surface area contributed by atoms with Crippen molar-refractivity contribution in [2.24, 2.45) is 0 Å². The van der Waals surface area contributed by atoms with Gasteiger partial charge in [-0.25, -0.2) is 0 Å². The number of aryl methyl sites for hydroxylation is 2. The second-order valence-electron chi connectivity index (χ2n) is 6.77. The summed E-state index contributed by atoms with van der Waals surface area (Å²) in [6.45, 7) is 4.55. The highest BCUT2D eigenvalue weighted by molar-refractivity contribution is 9.10. The lowest BCUT2D eigenvalue weighted by Crippen LogP contribution is -1.95. The third-order valence-electron chi connectivity index (χ3n) is 4.87. The Morgan fingerprint density at radius 1 is 0.583 bits per heavy atom. The van der Waals surface area contributed by atoms with Gasteiger partial charge in [0.1, 0.15) is 0 Å². The maximum atomic E-state index is 3.79. The average molecular weight is 454 g/mol. The first kappa shape index (κ1) is 20.0. The van der Waals surface area contributed by atoms with Crippen LogP contribution >= 0.6 is 31.9 Å². The minimum absolute atomic E-state index is 1.18. The van der Waals surface area contributed by atoms with Gasteiger partial charge in [-0.2, -0.15) is 0 Å². The number of hydrogen-bond donors (Lipinski definition) is 0. The normalized spacial score (nSPS) is 11.3. The fourth-order valence-corrected chi connectivity index (χ4v) is 4.53. The van der Waals surface area contributed by atoms with Crippen molar-refractivity contribution in [2.75, 3.05) is 0 Å². The van der Waals surface area contributed by atoms with Crippen LogP contribution in [0.4, 0.5) is 0 Å². The molecule has 0 radical (unpaired) electrons. The standard InChI is InChI=1S/C22H30Br2/c1-3-5-7-9-11-19-17-13-16-22(24)20(12-10-8-6-4-2)18(17)14-15-21(19)23/h13-16H,3-12H2,1-2H3. The molecule has 2 rings (SSSR count). The van der Waals surface area contributed by atoms with Gasteiger partial charge in [-0.05, 0) is 59.7 Å². The summed E-state index contributed by atoms with van der Waals surface area (Å²) in [7, 11) is 0. The van der Waals surface area contributed by atoms with Gasteiger partial charge in [-0.15, -0.1) is 0 Å². The second kappa shape index (κ2) is 10.6. The highest BCUT2D eigenvalue weighted by Crippen LogP contribution is 2.34. The molecular formula is C22H30Br2. The topological polar surface area (TPSA) is 0 Å². The van der Waals surface area contributed by atoms with Crippen molar-refractivity contribution in [3.05, 3.63) is 44.3 Å². The number of benzene rings is 2. The molecule has 0 aliphatic carbocycles. The molecular weight excluding hydrogens is 424 g/mol. The van der Waals surface area contributed by atoms with E-state index in [0.29, 0.717) is 0 Å². The van der Waals surface area contributed by atoms with Gasteiger partial charge in [0.25, 0.3) is 0 Å². The minimum Gasteiger partial charge on any atom is -0.0654 e. The fraction of sp³-hybridized carbons (Fsp3) is 0.545. The molecule has 0 nitrogen and oxygen atoms in total. The van der Waals surface area contributed by atoms with Crippen LogP contribution < -0.4 is 0 Å². The van der Waals surface area contributed by atoms with Crippen molar-refractivity contribution in [1.82, 2.24) is 0 Å². The van der Waals surface area contributed by atoms with E-state index in [1.54, 1.807) is 0 Å². The molecule has 132 valence electrons. The molecule has 2 heteroatoms. The molecule has 2 aromatic carbocycles. The molecule has 0 N–H and O–H groups in total. The zero-order chi connectivity index (χ0) is 17.4. The van der Waals surface area contributed by atoms with Crippen molar-refractivity contribution in [3.8, 4) is 0 Å². The largest absolute Gasteiger partial charge is 0.0654 e. The van der Waals surface area contributed by atoms with Crippen LogP contribution in [0.15, 0.2) is 33.2 Å². The van der Waals surface area contributed by atoms with E-state index in [1.807, 2.05) is 0 Å². The van der Waals surface area contributed by atoms with Gasteiger partial charge in [0.15, 0.2) is 0 Å². The third kappa shape index (κ3) is 5.33. The van der Waals surface area contributed by atoms with Crippen LogP contribution in [0.3, 0.4) is 0 Å². The molecule has 2 aromatic rings. The highest BCUT2D eigenvalue weighted by atomic mass is 79.9. The Labute approximate surface area is 164 Å². The van der Waals surface area contributed by atoms with Crippen LogP contribution in [-0.4, -0.2) is 0 Å². The van der Waals surface area contributed by atoms with E-state index in [0.717, 1.165) is 0 Å². The van der Waals surface area contributed by atoms with Gasteiger partial charge in [0, 0.05) is 8.95 Å². The Hall–Kier alpha value is -0.340. The lowest BCUT2D eigenvalue weighted by atomic mass is 9.94. The van der Waals surface area contributed by atoms with E-state index < -0.39 is 0 Å². The molecule has 0 aliphatic heterocycles. The number of rotatable bonds is 10. The lowest BCUT2D eigenvalue weighted by Gasteiger charge is -2.14. The van der Waals surface area contributed by atoms with Crippen molar-refractivity contribution in [2.45, 2.75) is 78.1 Å². The van der Waals surface area contributed by atoms with Crippen molar-refractivity contribution >= 4 is 42.6 Å². The van der Waals surface area contributed by atoms with E-state index in [2.05, 4.69) is 70.0 Å². The summed E-state index contributed by atoms with van der Waals surface area (Å²) in [6, 6.07) is 9.10. The maximum absolute atomic E-state index is 3.79. The number of hydrogen-bond acceptors (Lipinski definition) is 0. The first-order valence-corrected chi connectivity index (χ1v) is 11.2. The van der Waals surface area contributed by atoms with Gasteiger partial charge in [-0.3, -0.25) is 0 Å². The SMILES string of the molecule is CCCCCCc1c(Br)ccc2c(CCCCCC)c(Br)ccc12. The molecule has 0 aromatic heterocycles. The van der Waals surface area contributed by atoms with Crippen LogP contribution in [0.25, 0.3) is 10.8 Å². The number of halogens is 2. The zero-order valence-corrected chi connectivity index (χ0v) is 18.3. The van der Waals surface area contributed by atoms with Crippen molar-refractivity contribution in [3.63, 3.8) is 0 Å².